The molecule has 0 rings (SSSR count). The van der Waals surface area contributed by atoms with Gasteiger partial charge in [0.25, 0.3) is 0 Å². The Labute approximate surface area is 125 Å². The van der Waals surface area contributed by atoms with Gasteiger partial charge in [-0.05, 0) is 27.2 Å². The number of carbonyl (C=O) groups excluding carboxylic acids is 1. The number of nitrogens with zero attached hydrogens (tertiary/aromatic N) is 1. The van der Waals surface area contributed by atoms with Crippen molar-refractivity contribution in [3.05, 3.63) is 0 Å². The number of esters is 1. The molecule has 0 fully saturated rings. The highest BCUT2D eigenvalue weighted by atomic mass is 16.6. The summed E-state index contributed by atoms with van der Waals surface area (Å²) in [6, 6.07) is -1.15. The molecule has 0 aromatic heterocycles. The van der Waals surface area contributed by atoms with Crippen LogP contribution in [0.15, 0.2) is 4.99 Å². The lowest BCUT2D eigenvalue weighted by Crippen LogP contribution is -2.52. The molecule has 21 heavy (non-hydrogen) atoms. The van der Waals surface area contributed by atoms with Gasteiger partial charge in [-0.15, -0.1) is 0 Å². The highest BCUT2D eigenvalue weighted by Crippen LogP contribution is 2.16. The molecule has 0 saturated carbocycles. The molecule has 4 unspecified atom stereocenters. The lowest BCUT2D eigenvalue weighted by molar-refractivity contribution is -0.183. The lowest BCUT2D eigenvalue weighted by Gasteiger charge is -2.31. The number of ether oxygens (including phenoxy) is 2. The molecule has 0 spiro atoms. The first-order chi connectivity index (χ1) is 9.96. The van der Waals surface area contributed by atoms with Crippen LogP contribution in [-0.4, -0.2) is 63.3 Å². The molecule has 7 N–H and O–H groups in total. The van der Waals surface area contributed by atoms with Crippen LogP contribution in [0.3, 0.4) is 0 Å². The Morgan fingerprint density at radius 3 is 2.38 bits per heavy atom. The summed E-state index contributed by atoms with van der Waals surface area (Å²) in [5.41, 5.74) is 10.9. The molecule has 9 nitrogen and oxygen atoms in total. The van der Waals surface area contributed by atoms with Crippen LogP contribution in [-0.2, 0) is 14.3 Å². The summed E-state index contributed by atoms with van der Waals surface area (Å²) in [5, 5.41) is 16.2. The number of rotatable bonds is 11. The second-order valence-electron chi connectivity index (χ2n) is 4.38. The Morgan fingerprint density at radius 2 is 2.00 bits per heavy atom. The summed E-state index contributed by atoms with van der Waals surface area (Å²) in [6.45, 7) is 4.87. The predicted molar refractivity (Wildman–Crippen MR) is 79.2 cm³/mol. The van der Waals surface area contributed by atoms with Crippen molar-refractivity contribution in [3.63, 3.8) is 0 Å². The van der Waals surface area contributed by atoms with Gasteiger partial charge in [0.15, 0.2) is 12.3 Å². The summed E-state index contributed by atoms with van der Waals surface area (Å²) in [7, 11) is 3.51. The van der Waals surface area contributed by atoms with E-state index in [0.29, 0.717) is 6.42 Å². The van der Waals surface area contributed by atoms with E-state index in [-0.39, 0.29) is 18.8 Å². The molecule has 0 saturated heterocycles. The molecule has 0 aliphatic heterocycles. The molecule has 4 atom stereocenters. The zero-order valence-corrected chi connectivity index (χ0v) is 12.8. The topological polar surface area (TPSA) is 144 Å². The van der Waals surface area contributed by atoms with Gasteiger partial charge in [0, 0.05) is 5.92 Å². The zero-order valence-electron chi connectivity index (χ0n) is 12.8. The fourth-order valence-corrected chi connectivity index (χ4v) is 1.99. The van der Waals surface area contributed by atoms with Gasteiger partial charge >= 0.3 is 5.97 Å². The average molecular weight is 305 g/mol. The Balaban J connectivity index is 4.74. The Morgan fingerprint density at radius 1 is 1.43 bits per heavy atom. The van der Waals surface area contributed by atoms with Crippen molar-refractivity contribution in [2.24, 2.45) is 22.4 Å². The smallest absolute Gasteiger partial charge is 0.336 e. The van der Waals surface area contributed by atoms with Crippen LogP contribution in [0, 0.1) is 5.92 Å². The quantitative estimate of drug-likeness (QED) is 0.166. The van der Waals surface area contributed by atoms with Crippen molar-refractivity contribution in [2.75, 3.05) is 20.8 Å². The molecule has 124 valence electrons. The van der Waals surface area contributed by atoms with Crippen molar-refractivity contribution in [2.45, 2.75) is 38.1 Å². The van der Waals surface area contributed by atoms with Crippen molar-refractivity contribution in [1.82, 2.24) is 10.6 Å². The standard InChI is InChI=1S/C12H27N5O4/c1-5-7(10(16-3)17-4)11(18)21-9(14)8(15-2)12(19)20-6-13/h7-11,16-18H,2,5-6,13-14H2,1,3-4H3. The molecule has 0 radical (unpaired) electrons. The molecule has 0 aromatic carbocycles. The monoisotopic (exact) mass is 305 g/mol. The van der Waals surface area contributed by atoms with E-state index in [1.165, 1.54) is 0 Å². The summed E-state index contributed by atoms with van der Waals surface area (Å²) in [6.07, 6.45) is -1.92. The SMILES string of the molecule is C=NC(C(=O)OCN)C(N)OC(O)C(CC)C(NC)NC. The molecule has 0 amide bonds. The maximum Gasteiger partial charge on any atom is 0.336 e. The highest BCUT2D eigenvalue weighted by Gasteiger charge is 2.32. The zero-order chi connectivity index (χ0) is 16.4. The third-order valence-corrected chi connectivity index (χ3v) is 3.16. The third-order valence-electron chi connectivity index (χ3n) is 3.16. The fourth-order valence-electron chi connectivity index (χ4n) is 1.99. The van der Waals surface area contributed by atoms with E-state index >= 15 is 0 Å². The van der Waals surface area contributed by atoms with E-state index in [1.54, 1.807) is 14.1 Å². The second-order valence-corrected chi connectivity index (χ2v) is 4.38. The maximum absolute atomic E-state index is 11.6. The number of hydrogen-bond donors (Lipinski definition) is 5. The fraction of sp³-hybridized carbons (Fsp3) is 0.833. The molecular weight excluding hydrogens is 278 g/mol. The van der Waals surface area contributed by atoms with E-state index in [2.05, 4.69) is 27.1 Å². The largest absolute Gasteiger partial charge is 0.448 e. The number of aliphatic imine (C=N–C) groups is 1. The minimum absolute atomic E-state index is 0.177. The van der Waals surface area contributed by atoms with Gasteiger partial charge in [0.05, 0.1) is 6.17 Å². The molecule has 0 aromatic rings. The Hall–Kier alpha value is -1.10. The van der Waals surface area contributed by atoms with Crippen LogP contribution in [0.1, 0.15) is 13.3 Å². The number of nitrogens with two attached hydrogens (primary N) is 2. The van der Waals surface area contributed by atoms with Crippen molar-refractivity contribution in [3.8, 4) is 0 Å². The van der Waals surface area contributed by atoms with Gasteiger partial charge in [-0.25, -0.2) is 4.79 Å². The molecule has 0 bridgehead atoms. The number of nitrogens with one attached hydrogen (secondary N) is 2. The molecule has 0 aliphatic carbocycles. The Kier molecular flexibility index (Phi) is 10.0. The summed E-state index contributed by atoms with van der Waals surface area (Å²) in [5.74, 6) is -1.03. The first kappa shape index (κ1) is 19.9. The van der Waals surface area contributed by atoms with Gasteiger partial charge in [-0.3, -0.25) is 10.7 Å². The highest BCUT2D eigenvalue weighted by molar-refractivity contribution is 5.77. The van der Waals surface area contributed by atoms with Crippen molar-refractivity contribution >= 4 is 12.7 Å². The number of aliphatic hydroxyl groups excluding tert-OH is 1. The summed E-state index contributed by atoms with van der Waals surface area (Å²) in [4.78, 5) is 15.1. The van der Waals surface area contributed by atoms with E-state index in [1.807, 2.05) is 6.92 Å². The van der Waals surface area contributed by atoms with Gasteiger partial charge in [-0.1, -0.05) is 6.92 Å². The van der Waals surface area contributed by atoms with Crippen LogP contribution in [0.2, 0.25) is 0 Å². The third kappa shape index (κ3) is 6.04. The first-order valence-electron chi connectivity index (χ1n) is 6.72. The minimum atomic E-state index is -1.19. The molecule has 0 heterocycles. The van der Waals surface area contributed by atoms with Gasteiger partial charge in [-0.2, -0.15) is 0 Å². The van der Waals surface area contributed by atoms with Gasteiger partial charge in [0.2, 0.25) is 0 Å². The maximum atomic E-state index is 11.6. The van der Waals surface area contributed by atoms with E-state index in [4.69, 9.17) is 16.2 Å². The summed E-state index contributed by atoms with van der Waals surface area (Å²) < 4.78 is 9.90. The number of hydrogen-bond acceptors (Lipinski definition) is 9. The van der Waals surface area contributed by atoms with Gasteiger partial charge < -0.3 is 30.9 Å². The lowest BCUT2D eigenvalue weighted by atomic mass is 10.0. The van der Waals surface area contributed by atoms with Crippen molar-refractivity contribution in [1.29, 1.82) is 0 Å². The molecule has 0 aliphatic rings. The van der Waals surface area contributed by atoms with E-state index < -0.39 is 24.5 Å². The van der Waals surface area contributed by atoms with Crippen LogP contribution in [0.5, 0.6) is 0 Å². The van der Waals surface area contributed by atoms with E-state index in [0.717, 1.165) is 0 Å². The normalized spacial score (nSPS) is 17.1. The predicted octanol–water partition coefficient (Wildman–Crippen LogP) is -2.07. The van der Waals surface area contributed by atoms with Crippen molar-refractivity contribution < 1.29 is 19.4 Å². The molecule has 9 heteroatoms. The second kappa shape index (κ2) is 10.6. The van der Waals surface area contributed by atoms with Crippen LogP contribution >= 0.6 is 0 Å². The van der Waals surface area contributed by atoms with Gasteiger partial charge in [0.1, 0.15) is 13.0 Å². The van der Waals surface area contributed by atoms with E-state index in [9.17, 15) is 9.90 Å². The Bertz CT molecular complexity index is 314. The number of aliphatic hydroxyl groups is 1. The van der Waals surface area contributed by atoms with Crippen LogP contribution in [0.25, 0.3) is 0 Å². The number of carbonyl (C=O) groups is 1. The van der Waals surface area contributed by atoms with Crippen LogP contribution in [0.4, 0.5) is 0 Å². The summed E-state index contributed by atoms with van der Waals surface area (Å²) >= 11 is 0. The first-order valence-corrected chi connectivity index (χ1v) is 6.72. The average Bonchev–Trinajstić information content (AvgIpc) is 2.45. The van der Waals surface area contributed by atoms with Crippen LogP contribution < -0.4 is 22.1 Å². The minimum Gasteiger partial charge on any atom is -0.448 e. The molecular formula is C12H27N5O4.